The second-order valence-electron chi connectivity index (χ2n) is 14.6. The Bertz CT molecular complexity index is 2690. The molecule has 0 unspecified atom stereocenters. The van der Waals surface area contributed by atoms with E-state index in [1.54, 1.807) is 0 Å². The second-order valence-corrected chi connectivity index (χ2v) is 14.6. The Morgan fingerprint density at radius 2 is 0.906 bits per heavy atom. The van der Waals surface area contributed by atoms with Gasteiger partial charge in [0.15, 0.2) is 0 Å². The van der Waals surface area contributed by atoms with Crippen LogP contribution in [-0.4, -0.2) is 0 Å². The Morgan fingerprint density at radius 3 is 1.57 bits per heavy atom. The van der Waals surface area contributed by atoms with Gasteiger partial charge in [0, 0.05) is 39.0 Å². The van der Waals surface area contributed by atoms with E-state index in [0.717, 1.165) is 28.4 Å². The summed E-state index contributed by atoms with van der Waals surface area (Å²) in [7, 11) is 0. The highest BCUT2D eigenvalue weighted by Gasteiger charge is 2.40. The summed E-state index contributed by atoms with van der Waals surface area (Å²) in [5.41, 5.74) is 15.2. The lowest BCUT2D eigenvalue weighted by molar-refractivity contribution is 0.619. The number of furan rings is 1. The topological polar surface area (TPSA) is 16.4 Å². The summed E-state index contributed by atoms with van der Waals surface area (Å²) in [6, 6.07) is 67.8. The van der Waals surface area contributed by atoms with Crippen molar-refractivity contribution in [3.05, 3.63) is 199 Å². The summed E-state index contributed by atoms with van der Waals surface area (Å²) >= 11 is 0. The van der Waals surface area contributed by atoms with Crippen LogP contribution >= 0.6 is 0 Å². The Kier molecular flexibility index (Phi) is 7.19. The molecular weight excluding hydrogens is 643 g/mol. The van der Waals surface area contributed by atoms with Crippen LogP contribution in [0.25, 0.3) is 66.4 Å². The lowest BCUT2D eigenvalue weighted by atomic mass is 9.80. The molecular formula is C51H37NO. The fourth-order valence-electron chi connectivity index (χ4n) is 8.30. The van der Waals surface area contributed by atoms with E-state index in [2.05, 4.69) is 201 Å². The van der Waals surface area contributed by atoms with Gasteiger partial charge >= 0.3 is 0 Å². The first-order valence-electron chi connectivity index (χ1n) is 18.3. The van der Waals surface area contributed by atoms with Gasteiger partial charge in [0.25, 0.3) is 0 Å². The van der Waals surface area contributed by atoms with E-state index in [4.69, 9.17) is 4.42 Å². The summed E-state index contributed by atoms with van der Waals surface area (Å²) in [5.74, 6) is 1.01. The van der Waals surface area contributed by atoms with E-state index in [1.807, 2.05) is 6.07 Å². The van der Waals surface area contributed by atoms with E-state index in [9.17, 15) is 0 Å². The zero-order chi connectivity index (χ0) is 35.5. The standard InChI is InChI=1S/C51H37NO/c1-51(2)47-33-41(24-30-45(47)50-49(51)46-15-9-10-16-48(46)53-50)38-17-18-40-32-44(29-23-39(40)31-38)52(42-25-19-36(20-26-42)34-11-5-3-6-12-34)43-27-21-37(22-28-43)35-13-7-4-8-14-35/h3-33H,1-2H3. The molecule has 0 amide bonds. The summed E-state index contributed by atoms with van der Waals surface area (Å²) in [6.07, 6.45) is 0. The minimum atomic E-state index is -0.152. The average molecular weight is 680 g/mol. The molecule has 2 heteroatoms. The molecule has 53 heavy (non-hydrogen) atoms. The monoisotopic (exact) mass is 679 g/mol. The van der Waals surface area contributed by atoms with Crippen LogP contribution in [0.5, 0.6) is 0 Å². The normalized spacial score (nSPS) is 12.9. The van der Waals surface area contributed by atoms with Crippen molar-refractivity contribution in [1.82, 2.24) is 0 Å². The number of para-hydroxylation sites is 1. The molecule has 0 N–H and O–H groups in total. The van der Waals surface area contributed by atoms with Gasteiger partial charge in [0.2, 0.25) is 0 Å². The van der Waals surface area contributed by atoms with Gasteiger partial charge in [0.1, 0.15) is 11.3 Å². The lowest BCUT2D eigenvalue weighted by Crippen LogP contribution is -2.15. The SMILES string of the molecule is CC1(C)c2cc(-c3ccc4cc(N(c5ccc(-c6ccccc6)cc5)c5ccc(-c6ccccc6)cc5)ccc4c3)ccc2-c2oc3ccccc3c21. The Balaban J connectivity index is 1.02. The van der Waals surface area contributed by atoms with Gasteiger partial charge in [-0.2, -0.15) is 0 Å². The number of hydrogen-bond acceptors (Lipinski definition) is 2. The highest BCUT2D eigenvalue weighted by Crippen LogP contribution is 2.53. The van der Waals surface area contributed by atoms with Crippen molar-refractivity contribution in [2.24, 2.45) is 0 Å². The van der Waals surface area contributed by atoms with Gasteiger partial charge in [-0.3, -0.25) is 0 Å². The number of benzene rings is 8. The molecule has 0 bridgehead atoms. The van der Waals surface area contributed by atoms with Gasteiger partial charge in [-0.25, -0.2) is 0 Å². The molecule has 0 spiro atoms. The molecule has 0 radical (unpaired) electrons. The summed E-state index contributed by atoms with van der Waals surface area (Å²) in [6.45, 7) is 4.64. The molecule has 0 aliphatic heterocycles. The molecule has 2 nitrogen and oxygen atoms in total. The van der Waals surface area contributed by atoms with Gasteiger partial charge in [-0.1, -0.05) is 147 Å². The smallest absolute Gasteiger partial charge is 0.139 e. The summed E-state index contributed by atoms with van der Waals surface area (Å²) in [5, 5.41) is 3.62. The van der Waals surface area contributed by atoms with Crippen molar-refractivity contribution in [1.29, 1.82) is 0 Å². The quantitative estimate of drug-likeness (QED) is 0.174. The molecule has 0 saturated carbocycles. The molecule has 1 heterocycles. The van der Waals surface area contributed by atoms with Crippen molar-refractivity contribution in [3.63, 3.8) is 0 Å². The molecule has 9 aromatic rings. The molecule has 0 saturated heterocycles. The number of hydrogen-bond donors (Lipinski definition) is 0. The van der Waals surface area contributed by atoms with Crippen LogP contribution in [0, 0.1) is 0 Å². The fourth-order valence-corrected chi connectivity index (χ4v) is 8.30. The summed E-state index contributed by atoms with van der Waals surface area (Å²) in [4.78, 5) is 2.35. The predicted octanol–water partition coefficient (Wildman–Crippen LogP) is 14.4. The largest absolute Gasteiger partial charge is 0.456 e. The number of nitrogens with zero attached hydrogens (tertiary/aromatic N) is 1. The maximum Gasteiger partial charge on any atom is 0.139 e. The minimum Gasteiger partial charge on any atom is -0.456 e. The third-order valence-electron chi connectivity index (χ3n) is 11.0. The lowest BCUT2D eigenvalue weighted by Gasteiger charge is -2.26. The first-order valence-corrected chi connectivity index (χ1v) is 18.3. The van der Waals surface area contributed by atoms with Crippen LogP contribution < -0.4 is 4.90 Å². The number of fused-ring (bicyclic) bond motifs is 6. The van der Waals surface area contributed by atoms with E-state index in [1.165, 1.54) is 66.2 Å². The van der Waals surface area contributed by atoms with E-state index in [-0.39, 0.29) is 5.41 Å². The van der Waals surface area contributed by atoms with Crippen molar-refractivity contribution < 1.29 is 4.42 Å². The van der Waals surface area contributed by atoms with Crippen molar-refractivity contribution >= 4 is 38.8 Å². The molecule has 10 rings (SSSR count). The number of rotatable bonds is 6. The maximum atomic E-state index is 6.42. The van der Waals surface area contributed by atoms with Crippen LogP contribution in [0.1, 0.15) is 25.0 Å². The third-order valence-corrected chi connectivity index (χ3v) is 11.0. The Hall–Kier alpha value is -6.64. The molecule has 1 aliphatic rings. The van der Waals surface area contributed by atoms with Gasteiger partial charge in [-0.15, -0.1) is 0 Å². The molecule has 0 atom stereocenters. The van der Waals surface area contributed by atoms with Gasteiger partial charge in [-0.05, 0) is 104 Å². The van der Waals surface area contributed by atoms with Crippen LogP contribution in [-0.2, 0) is 5.41 Å². The Labute approximate surface area is 310 Å². The van der Waals surface area contributed by atoms with Crippen molar-refractivity contribution in [2.75, 3.05) is 4.90 Å². The van der Waals surface area contributed by atoms with E-state index >= 15 is 0 Å². The molecule has 1 aromatic heterocycles. The zero-order valence-electron chi connectivity index (χ0n) is 29.8. The van der Waals surface area contributed by atoms with Crippen LogP contribution in [0.4, 0.5) is 17.1 Å². The molecule has 0 fully saturated rings. The first kappa shape index (κ1) is 31.1. The van der Waals surface area contributed by atoms with Gasteiger partial charge < -0.3 is 9.32 Å². The predicted molar refractivity (Wildman–Crippen MR) is 222 cm³/mol. The van der Waals surface area contributed by atoms with E-state index < -0.39 is 0 Å². The second kappa shape index (κ2) is 12.3. The van der Waals surface area contributed by atoms with Gasteiger partial charge in [0.05, 0.1) is 0 Å². The van der Waals surface area contributed by atoms with Crippen LogP contribution in [0.2, 0.25) is 0 Å². The van der Waals surface area contributed by atoms with Crippen LogP contribution in [0.15, 0.2) is 192 Å². The highest BCUT2D eigenvalue weighted by atomic mass is 16.3. The zero-order valence-corrected chi connectivity index (χ0v) is 29.8. The molecule has 1 aliphatic carbocycles. The Morgan fingerprint density at radius 1 is 0.415 bits per heavy atom. The molecule has 252 valence electrons. The highest BCUT2D eigenvalue weighted by molar-refractivity contribution is 5.96. The van der Waals surface area contributed by atoms with Crippen LogP contribution in [0.3, 0.4) is 0 Å². The molecule has 8 aromatic carbocycles. The van der Waals surface area contributed by atoms with Crippen molar-refractivity contribution in [3.8, 4) is 44.7 Å². The minimum absolute atomic E-state index is 0.152. The average Bonchev–Trinajstić information content (AvgIpc) is 3.72. The third kappa shape index (κ3) is 5.26. The van der Waals surface area contributed by atoms with Crippen molar-refractivity contribution in [2.45, 2.75) is 19.3 Å². The van der Waals surface area contributed by atoms with E-state index in [0.29, 0.717) is 0 Å². The number of anilines is 3. The first-order chi connectivity index (χ1) is 26.0. The fraction of sp³-hybridized carbons (Fsp3) is 0.0588. The maximum absolute atomic E-state index is 6.42. The summed E-state index contributed by atoms with van der Waals surface area (Å²) < 4.78 is 6.42.